The van der Waals surface area contributed by atoms with Crippen LogP contribution >= 0.6 is 0 Å². The van der Waals surface area contributed by atoms with Crippen LogP contribution in [0.2, 0.25) is 0 Å². The summed E-state index contributed by atoms with van der Waals surface area (Å²) in [6.45, 7) is 2.52. The number of rotatable bonds is 8. The zero-order chi connectivity index (χ0) is 26.6. The van der Waals surface area contributed by atoms with Crippen LogP contribution in [0.5, 0.6) is 0 Å². The molecule has 1 saturated heterocycles. The van der Waals surface area contributed by atoms with Gasteiger partial charge in [-0.05, 0) is 79.8 Å². The fraction of sp³-hybridized carbons (Fsp3) is 0.370. The molecule has 2 atom stereocenters. The number of carboxylic acids is 1. The Bertz CT molecular complexity index is 1230. The number of carbonyl (C=O) groups is 2. The van der Waals surface area contributed by atoms with Crippen molar-refractivity contribution >= 4 is 17.6 Å². The van der Waals surface area contributed by atoms with Crippen molar-refractivity contribution in [1.29, 1.82) is 0 Å². The number of hydrogen-bond acceptors (Lipinski definition) is 4. The van der Waals surface area contributed by atoms with Gasteiger partial charge in [-0.25, -0.2) is 4.68 Å². The van der Waals surface area contributed by atoms with Gasteiger partial charge in [-0.2, -0.15) is 18.3 Å². The summed E-state index contributed by atoms with van der Waals surface area (Å²) in [6, 6.07) is 13.3. The molecule has 0 spiro atoms. The molecular formula is C27H29F3N4O3. The van der Waals surface area contributed by atoms with Gasteiger partial charge in [-0.15, -0.1) is 0 Å². The van der Waals surface area contributed by atoms with Gasteiger partial charge in [0, 0.05) is 43.2 Å². The summed E-state index contributed by atoms with van der Waals surface area (Å²) in [5, 5.41) is 16.7. The zero-order valence-corrected chi connectivity index (χ0v) is 20.4. The van der Waals surface area contributed by atoms with Crippen molar-refractivity contribution in [3.63, 3.8) is 0 Å². The minimum absolute atomic E-state index is 0.156. The average Bonchev–Trinajstić information content (AvgIpc) is 3.41. The summed E-state index contributed by atoms with van der Waals surface area (Å²) in [5.41, 5.74) is 3.38. The van der Waals surface area contributed by atoms with Gasteiger partial charge in [-0.3, -0.25) is 9.59 Å². The third-order valence-corrected chi connectivity index (χ3v) is 6.64. The molecular weight excluding hydrogens is 485 g/mol. The number of aromatic nitrogens is 2. The molecule has 1 aromatic heterocycles. The number of hydrogen-bond donors (Lipinski definition) is 2. The van der Waals surface area contributed by atoms with Crippen LogP contribution in [-0.4, -0.2) is 50.9 Å². The Morgan fingerprint density at radius 2 is 1.95 bits per heavy atom. The summed E-state index contributed by atoms with van der Waals surface area (Å²) in [7, 11) is 0. The van der Waals surface area contributed by atoms with E-state index in [9.17, 15) is 27.9 Å². The van der Waals surface area contributed by atoms with E-state index in [4.69, 9.17) is 0 Å². The van der Waals surface area contributed by atoms with Crippen molar-refractivity contribution in [3.05, 3.63) is 77.6 Å². The van der Waals surface area contributed by atoms with Gasteiger partial charge < -0.3 is 15.3 Å². The Labute approximate surface area is 212 Å². The Morgan fingerprint density at radius 1 is 1.19 bits per heavy atom. The van der Waals surface area contributed by atoms with Crippen LogP contribution in [0.15, 0.2) is 60.9 Å². The molecule has 0 bridgehead atoms. The van der Waals surface area contributed by atoms with Crippen LogP contribution < -0.4 is 5.32 Å². The Morgan fingerprint density at radius 3 is 2.57 bits per heavy atom. The maximum atomic E-state index is 13.1. The normalized spacial score (nSPS) is 16.9. The highest BCUT2D eigenvalue weighted by atomic mass is 19.4. The van der Waals surface area contributed by atoms with E-state index in [0.29, 0.717) is 30.6 Å². The van der Waals surface area contributed by atoms with Crippen molar-refractivity contribution in [2.45, 2.75) is 44.8 Å². The fourth-order valence-corrected chi connectivity index (χ4v) is 4.68. The largest absolute Gasteiger partial charge is 0.481 e. The SMILES string of the molecule is Cc1cc(-n2cccn2)ccc1C(CCC(F)(F)F)Nc1ccc(C(=O)N2CCC[C@@H](C(=O)O)C2)cc1. The first-order valence-corrected chi connectivity index (χ1v) is 12.2. The molecule has 0 radical (unpaired) electrons. The first kappa shape index (κ1) is 26.2. The molecule has 1 unspecified atom stereocenters. The monoisotopic (exact) mass is 514 g/mol. The number of carbonyl (C=O) groups excluding carboxylic acids is 1. The molecule has 7 nitrogen and oxygen atoms in total. The van der Waals surface area contributed by atoms with Crippen molar-refractivity contribution < 1.29 is 27.9 Å². The Balaban J connectivity index is 1.51. The summed E-state index contributed by atoms with van der Waals surface area (Å²) in [6.07, 6.45) is -0.770. The van der Waals surface area contributed by atoms with Gasteiger partial charge in [0.1, 0.15) is 0 Å². The lowest BCUT2D eigenvalue weighted by atomic mass is 9.96. The maximum Gasteiger partial charge on any atom is 0.389 e. The lowest BCUT2D eigenvalue weighted by Crippen LogP contribution is -2.42. The van der Waals surface area contributed by atoms with Gasteiger partial charge >= 0.3 is 12.1 Å². The number of anilines is 1. The van der Waals surface area contributed by atoms with Crippen molar-refractivity contribution in [3.8, 4) is 5.69 Å². The quantitative estimate of drug-likeness (QED) is 0.408. The standard InChI is InChI=1S/C27H29F3N4O3/c1-18-16-22(34-15-3-13-31-34)9-10-23(18)24(11-12-27(28,29)30)32-21-7-5-19(6-8-21)25(35)33-14-2-4-20(17-33)26(36)37/h3,5-10,13,15-16,20,24,32H,2,4,11-12,14,17H2,1H3,(H,36,37)/t20-,24?/m1/s1. The first-order valence-electron chi connectivity index (χ1n) is 12.2. The highest BCUT2D eigenvalue weighted by molar-refractivity contribution is 5.95. The topological polar surface area (TPSA) is 87.5 Å². The van der Waals surface area contributed by atoms with Crippen molar-refractivity contribution in [1.82, 2.24) is 14.7 Å². The van der Waals surface area contributed by atoms with E-state index in [2.05, 4.69) is 10.4 Å². The average molecular weight is 515 g/mol. The van der Waals surface area contributed by atoms with Crippen LogP contribution in [0.3, 0.4) is 0 Å². The number of likely N-dealkylation sites (tertiary alicyclic amines) is 1. The van der Waals surface area contributed by atoms with Crippen molar-refractivity contribution in [2.24, 2.45) is 5.92 Å². The van der Waals surface area contributed by atoms with E-state index < -0.39 is 30.5 Å². The number of aryl methyl sites for hydroxylation is 1. The molecule has 0 aliphatic carbocycles. The molecule has 2 N–H and O–H groups in total. The highest BCUT2D eigenvalue weighted by Crippen LogP contribution is 2.32. The number of halogens is 3. The molecule has 10 heteroatoms. The number of nitrogens with zero attached hydrogens (tertiary/aromatic N) is 3. The third-order valence-electron chi connectivity index (χ3n) is 6.64. The minimum Gasteiger partial charge on any atom is -0.481 e. The number of benzene rings is 2. The van der Waals surface area contributed by atoms with Gasteiger partial charge in [0.25, 0.3) is 5.91 Å². The second-order valence-electron chi connectivity index (χ2n) is 9.35. The molecule has 2 aromatic carbocycles. The molecule has 1 aliphatic heterocycles. The van der Waals surface area contributed by atoms with Crippen LogP contribution in [0.25, 0.3) is 5.69 Å². The lowest BCUT2D eigenvalue weighted by molar-refractivity contribution is -0.143. The maximum absolute atomic E-state index is 13.1. The number of carboxylic acid groups (broad SMARTS) is 1. The second kappa shape index (κ2) is 11.1. The van der Waals surface area contributed by atoms with Gasteiger partial charge in [0.2, 0.25) is 0 Å². The molecule has 4 rings (SSSR count). The van der Waals surface area contributed by atoms with Gasteiger partial charge in [0.15, 0.2) is 0 Å². The van der Waals surface area contributed by atoms with Crippen LogP contribution in [0.4, 0.5) is 18.9 Å². The summed E-state index contributed by atoms with van der Waals surface area (Å²) < 4.78 is 41.0. The van der Waals surface area contributed by atoms with Gasteiger partial charge in [-0.1, -0.05) is 6.07 Å². The van der Waals surface area contributed by atoms with E-state index in [1.807, 2.05) is 25.1 Å². The van der Waals surface area contributed by atoms with Crippen LogP contribution in [0, 0.1) is 12.8 Å². The molecule has 2 heterocycles. The number of aliphatic carboxylic acids is 1. The minimum atomic E-state index is -4.29. The molecule has 1 fully saturated rings. The van der Waals surface area contributed by atoms with E-state index in [-0.39, 0.29) is 18.9 Å². The highest BCUT2D eigenvalue weighted by Gasteiger charge is 2.30. The zero-order valence-electron chi connectivity index (χ0n) is 20.4. The van der Waals surface area contributed by atoms with Gasteiger partial charge in [0.05, 0.1) is 17.6 Å². The molecule has 0 saturated carbocycles. The molecule has 3 aromatic rings. The van der Waals surface area contributed by atoms with Crippen LogP contribution in [0.1, 0.15) is 53.2 Å². The summed E-state index contributed by atoms with van der Waals surface area (Å²) in [5.74, 6) is -1.73. The summed E-state index contributed by atoms with van der Waals surface area (Å²) in [4.78, 5) is 25.8. The second-order valence-corrected chi connectivity index (χ2v) is 9.35. The molecule has 1 amide bonds. The number of alkyl halides is 3. The van der Waals surface area contributed by atoms with E-state index in [0.717, 1.165) is 16.8 Å². The molecule has 196 valence electrons. The van der Waals surface area contributed by atoms with Crippen LogP contribution in [-0.2, 0) is 4.79 Å². The smallest absolute Gasteiger partial charge is 0.389 e. The van der Waals surface area contributed by atoms with E-state index in [1.54, 1.807) is 52.3 Å². The molecule has 37 heavy (non-hydrogen) atoms. The Kier molecular flexibility index (Phi) is 7.85. The number of amides is 1. The van der Waals surface area contributed by atoms with E-state index >= 15 is 0 Å². The Hall–Kier alpha value is -3.82. The predicted octanol–water partition coefficient (Wildman–Crippen LogP) is 5.61. The fourth-order valence-electron chi connectivity index (χ4n) is 4.68. The lowest BCUT2D eigenvalue weighted by Gasteiger charge is -2.30. The molecule has 1 aliphatic rings. The predicted molar refractivity (Wildman–Crippen MR) is 133 cm³/mol. The summed E-state index contributed by atoms with van der Waals surface area (Å²) >= 11 is 0. The van der Waals surface area contributed by atoms with E-state index in [1.165, 1.54) is 0 Å². The number of piperidine rings is 1. The third kappa shape index (κ3) is 6.69. The first-order chi connectivity index (χ1) is 17.6. The van der Waals surface area contributed by atoms with Crippen molar-refractivity contribution in [2.75, 3.05) is 18.4 Å². The number of nitrogens with one attached hydrogen (secondary N) is 1.